The molecular formula is C5H3FO2. The summed E-state index contributed by atoms with van der Waals surface area (Å²) in [5, 5.41) is 0. The number of halogens is 1. The molecule has 0 saturated carbocycles. The van der Waals surface area contributed by atoms with Crippen LogP contribution in [0.1, 0.15) is 10.6 Å². The molecule has 0 spiro atoms. The third-order valence-corrected chi connectivity index (χ3v) is 0.704. The van der Waals surface area contributed by atoms with E-state index in [4.69, 9.17) is 0 Å². The zero-order valence-electron chi connectivity index (χ0n) is 3.93. The third kappa shape index (κ3) is 0.753. The number of furan rings is 1. The average Bonchev–Trinajstić information content (AvgIpc) is 2.14. The molecule has 0 fully saturated rings. The Morgan fingerprint density at radius 1 is 1.75 bits per heavy atom. The van der Waals surface area contributed by atoms with E-state index in [9.17, 15) is 9.18 Å². The maximum atomic E-state index is 11.9. The number of carbonyl (C=O) groups excluding carboxylic acids is 1. The van der Waals surface area contributed by atoms with Crippen LogP contribution in [0.2, 0.25) is 0 Å². The summed E-state index contributed by atoms with van der Waals surface area (Å²) in [6.07, 6.45) is 1.33. The van der Waals surface area contributed by atoms with Gasteiger partial charge in [-0.1, -0.05) is 0 Å². The molecule has 0 radical (unpaired) electrons. The van der Waals surface area contributed by atoms with Crippen molar-refractivity contribution in [2.75, 3.05) is 0 Å². The Labute approximate surface area is 44.9 Å². The first-order chi connectivity index (χ1) is 3.83. The number of hydrogen-bond acceptors (Lipinski definition) is 2. The number of hydrogen-bond donors (Lipinski definition) is 0. The van der Waals surface area contributed by atoms with Crippen molar-refractivity contribution in [3.8, 4) is 0 Å². The van der Waals surface area contributed by atoms with Crippen LogP contribution < -0.4 is 0 Å². The molecule has 1 rings (SSSR count). The molecule has 0 saturated heterocycles. The van der Waals surface area contributed by atoms with E-state index < -0.39 is 5.82 Å². The fraction of sp³-hybridized carbons (Fsp3) is 0. The summed E-state index contributed by atoms with van der Waals surface area (Å²) >= 11 is 0. The molecule has 0 aliphatic rings. The smallest absolute Gasteiger partial charge is 0.185 e. The topological polar surface area (TPSA) is 30.2 Å². The van der Waals surface area contributed by atoms with Crippen molar-refractivity contribution in [1.82, 2.24) is 0 Å². The molecule has 8 heavy (non-hydrogen) atoms. The van der Waals surface area contributed by atoms with Gasteiger partial charge in [-0.3, -0.25) is 4.79 Å². The minimum absolute atomic E-state index is 0.0162. The van der Waals surface area contributed by atoms with Gasteiger partial charge in [0.15, 0.2) is 17.9 Å². The monoisotopic (exact) mass is 114 g/mol. The lowest BCUT2D eigenvalue weighted by Crippen LogP contribution is -1.66. The molecule has 1 heterocycles. The Hall–Kier alpha value is -1.12. The van der Waals surface area contributed by atoms with Gasteiger partial charge >= 0.3 is 0 Å². The van der Waals surface area contributed by atoms with Crippen LogP contribution >= 0.6 is 0 Å². The van der Waals surface area contributed by atoms with Crippen LogP contribution in [0.5, 0.6) is 0 Å². The first-order valence-electron chi connectivity index (χ1n) is 2.02. The van der Waals surface area contributed by atoms with E-state index in [0.717, 1.165) is 12.3 Å². The van der Waals surface area contributed by atoms with Gasteiger partial charge in [-0.2, -0.15) is 0 Å². The van der Waals surface area contributed by atoms with Crippen molar-refractivity contribution in [2.24, 2.45) is 0 Å². The minimum atomic E-state index is -0.521. The second kappa shape index (κ2) is 1.78. The van der Waals surface area contributed by atoms with Crippen LogP contribution in [0.3, 0.4) is 0 Å². The number of carbonyl (C=O) groups is 1. The summed E-state index contributed by atoms with van der Waals surface area (Å²) in [4.78, 5) is 9.76. The van der Waals surface area contributed by atoms with E-state index >= 15 is 0 Å². The van der Waals surface area contributed by atoms with E-state index in [2.05, 4.69) is 4.42 Å². The fourth-order valence-electron chi connectivity index (χ4n) is 0.390. The van der Waals surface area contributed by atoms with Crippen molar-refractivity contribution in [3.05, 3.63) is 23.9 Å². The first kappa shape index (κ1) is 5.03. The maximum Gasteiger partial charge on any atom is 0.185 e. The van der Waals surface area contributed by atoms with E-state index in [1.165, 1.54) is 0 Å². The maximum absolute atomic E-state index is 11.9. The summed E-state index contributed by atoms with van der Waals surface area (Å²) in [6.45, 7) is 0. The van der Waals surface area contributed by atoms with E-state index in [1.54, 1.807) is 0 Å². The molecule has 2 nitrogen and oxygen atoms in total. The van der Waals surface area contributed by atoms with Gasteiger partial charge in [-0.05, 0) is 0 Å². The van der Waals surface area contributed by atoms with Gasteiger partial charge in [0.05, 0.1) is 0 Å². The molecular weight excluding hydrogens is 111 g/mol. The van der Waals surface area contributed by atoms with Gasteiger partial charge in [0.25, 0.3) is 0 Å². The van der Waals surface area contributed by atoms with Gasteiger partial charge in [-0.25, -0.2) is 4.39 Å². The molecule has 1 aromatic rings. The highest BCUT2D eigenvalue weighted by atomic mass is 19.1. The minimum Gasteiger partial charge on any atom is -0.458 e. The zero-order valence-corrected chi connectivity index (χ0v) is 3.93. The van der Waals surface area contributed by atoms with Crippen LogP contribution in [0.4, 0.5) is 4.39 Å². The summed E-state index contributed by atoms with van der Waals surface area (Å²) in [7, 11) is 0. The SMILES string of the molecule is O=Cc1cc(F)co1. The highest BCUT2D eigenvalue weighted by Crippen LogP contribution is 2.01. The average molecular weight is 114 g/mol. The van der Waals surface area contributed by atoms with Crippen molar-refractivity contribution in [1.29, 1.82) is 0 Å². The molecule has 42 valence electrons. The Morgan fingerprint density at radius 2 is 2.50 bits per heavy atom. The van der Waals surface area contributed by atoms with Crippen molar-refractivity contribution < 1.29 is 13.6 Å². The summed E-state index contributed by atoms with van der Waals surface area (Å²) in [5.41, 5.74) is 0. The highest BCUT2D eigenvalue weighted by Gasteiger charge is 1.95. The molecule has 0 N–H and O–H groups in total. The molecule has 0 atom stereocenters. The summed E-state index contributed by atoms with van der Waals surface area (Å²) in [6, 6.07) is 1.02. The Balaban J connectivity index is 3.00. The van der Waals surface area contributed by atoms with Gasteiger partial charge < -0.3 is 4.42 Å². The van der Waals surface area contributed by atoms with Crippen molar-refractivity contribution >= 4 is 6.29 Å². The predicted octanol–water partition coefficient (Wildman–Crippen LogP) is 1.23. The van der Waals surface area contributed by atoms with Gasteiger partial charge in [0, 0.05) is 6.07 Å². The largest absolute Gasteiger partial charge is 0.458 e. The van der Waals surface area contributed by atoms with E-state index in [-0.39, 0.29) is 5.76 Å². The normalized spacial score (nSPS) is 9.12. The van der Waals surface area contributed by atoms with Crippen molar-refractivity contribution in [2.45, 2.75) is 0 Å². The zero-order chi connectivity index (χ0) is 5.98. The van der Waals surface area contributed by atoms with Crippen LogP contribution in [-0.4, -0.2) is 6.29 Å². The molecule has 0 aliphatic heterocycles. The Kier molecular flexibility index (Phi) is 1.12. The van der Waals surface area contributed by atoms with Gasteiger partial charge in [-0.15, -0.1) is 0 Å². The van der Waals surface area contributed by atoms with Crippen molar-refractivity contribution in [3.63, 3.8) is 0 Å². The second-order valence-corrected chi connectivity index (χ2v) is 1.29. The van der Waals surface area contributed by atoms with Crippen LogP contribution in [-0.2, 0) is 0 Å². The number of aldehydes is 1. The Bertz CT molecular complexity index is 192. The van der Waals surface area contributed by atoms with E-state index in [0.29, 0.717) is 6.29 Å². The van der Waals surface area contributed by atoms with Crippen LogP contribution in [0.15, 0.2) is 16.7 Å². The molecule has 1 aromatic heterocycles. The van der Waals surface area contributed by atoms with Crippen LogP contribution in [0.25, 0.3) is 0 Å². The van der Waals surface area contributed by atoms with Gasteiger partial charge in [0.2, 0.25) is 0 Å². The fourth-order valence-corrected chi connectivity index (χ4v) is 0.390. The molecule has 0 amide bonds. The third-order valence-electron chi connectivity index (χ3n) is 0.704. The highest BCUT2D eigenvalue weighted by molar-refractivity contribution is 5.70. The number of rotatable bonds is 1. The molecule has 0 bridgehead atoms. The molecule has 0 aliphatic carbocycles. The summed E-state index contributed by atoms with van der Waals surface area (Å²) in [5.74, 6) is -0.505. The molecule has 3 heteroatoms. The summed E-state index contributed by atoms with van der Waals surface area (Å²) < 4.78 is 16.2. The predicted molar refractivity (Wildman–Crippen MR) is 24.1 cm³/mol. The molecule has 0 aromatic carbocycles. The Morgan fingerprint density at radius 3 is 2.75 bits per heavy atom. The quantitative estimate of drug-likeness (QED) is 0.514. The first-order valence-corrected chi connectivity index (χ1v) is 2.02. The second-order valence-electron chi connectivity index (χ2n) is 1.29. The molecule has 0 unspecified atom stereocenters. The lowest BCUT2D eigenvalue weighted by atomic mass is 10.5. The van der Waals surface area contributed by atoms with E-state index in [1.807, 2.05) is 0 Å². The van der Waals surface area contributed by atoms with Gasteiger partial charge in [0.1, 0.15) is 6.26 Å². The lowest BCUT2D eigenvalue weighted by molar-refractivity contribution is 0.110. The van der Waals surface area contributed by atoms with Crippen LogP contribution in [0, 0.1) is 5.82 Å². The lowest BCUT2D eigenvalue weighted by Gasteiger charge is -1.68. The standard InChI is InChI=1S/C5H3FO2/c6-4-1-5(2-7)8-3-4/h1-3H.